The molecule has 2 N–H and O–H groups in total. The molecule has 0 saturated heterocycles. The summed E-state index contributed by atoms with van der Waals surface area (Å²) in [5, 5.41) is 12.8. The highest BCUT2D eigenvalue weighted by molar-refractivity contribution is 5.93. The van der Waals surface area contributed by atoms with Crippen molar-refractivity contribution in [3.05, 3.63) is 35.4 Å². The van der Waals surface area contributed by atoms with Crippen molar-refractivity contribution in [3.8, 4) is 0 Å². The molecule has 0 amide bonds. The number of nitrogens with zero attached hydrogens (tertiary/aromatic N) is 2. The number of carboxylic acid groups (broad SMARTS) is 1. The molecule has 1 aliphatic rings. The highest BCUT2D eigenvalue weighted by Crippen LogP contribution is 2.19. The van der Waals surface area contributed by atoms with Crippen LogP contribution in [0.3, 0.4) is 0 Å². The molecule has 106 valence electrons. The van der Waals surface area contributed by atoms with Gasteiger partial charge in [-0.15, -0.1) is 0 Å². The Balaban J connectivity index is 1.94. The molecule has 20 heavy (non-hydrogen) atoms. The normalized spacial score (nSPS) is 16.1. The van der Waals surface area contributed by atoms with Gasteiger partial charge in [-0.25, -0.2) is 9.78 Å². The van der Waals surface area contributed by atoms with Crippen molar-refractivity contribution < 1.29 is 9.90 Å². The van der Waals surface area contributed by atoms with Crippen molar-refractivity contribution in [1.82, 2.24) is 14.7 Å². The number of carboxylic acids is 1. The molecule has 2 heterocycles. The van der Waals surface area contributed by atoms with E-state index < -0.39 is 5.97 Å². The van der Waals surface area contributed by atoms with E-state index in [1.54, 1.807) is 0 Å². The Morgan fingerprint density at radius 3 is 2.90 bits per heavy atom. The number of hydrogen-bond donors (Lipinski definition) is 2. The summed E-state index contributed by atoms with van der Waals surface area (Å²) < 4.78 is 1.94. The predicted molar refractivity (Wildman–Crippen MR) is 76.0 cm³/mol. The molecule has 0 spiro atoms. The second-order valence-electron chi connectivity index (χ2n) is 5.43. The minimum atomic E-state index is -0.972. The highest BCUT2D eigenvalue weighted by Gasteiger charge is 2.19. The molecule has 0 aromatic carbocycles. The van der Waals surface area contributed by atoms with Gasteiger partial charge in [0, 0.05) is 11.7 Å². The first-order chi connectivity index (χ1) is 9.66. The molecule has 0 aliphatic heterocycles. The van der Waals surface area contributed by atoms with Crippen LogP contribution in [-0.2, 0) is 6.54 Å². The van der Waals surface area contributed by atoms with Crippen molar-refractivity contribution >= 4 is 11.5 Å². The Labute approximate surface area is 117 Å². The van der Waals surface area contributed by atoms with Crippen molar-refractivity contribution in [2.24, 2.45) is 0 Å². The Morgan fingerprint density at radius 1 is 1.45 bits per heavy atom. The molecule has 0 atom stereocenters. The smallest absolute Gasteiger partial charge is 0.356 e. The van der Waals surface area contributed by atoms with Crippen LogP contribution in [0.1, 0.15) is 47.7 Å². The average Bonchev–Trinajstić information content (AvgIpc) is 3.04. The third-order valence-electron chi connectivity index (χ3n) is 4.03. The lowest BCUT2D eigenvalue weighted by Gasteiger charge is -2.11. The SMILES string of the molecule is Cc1cccc2c(C(=O)O)nc(CNC3CCCC3)n12. The van der Waals surface area contributed by atoms with E-state index in [4.69, 9.17) is 0 Å². The summed E-state index contributed by atoms with van der Waals surface area (Å²) in [5.41, 5.74) is 1.81. The topological polar surface area (TPSA) is 66.6 Å². The maximum atomic E-state index is 11.3. The summed E-state index contributed by atoms with van der Waals surface area (Å²) in [6, 6.07) is 6.19. The van der Waals surface area contributed by atoms with Gasteiger partial charge in [-0.05, 0) is 31.9 Å². The first-order valence-electron chi connectivity index (χ1n) is 7.10. The molecule has 5 nitrogen and oxygen atoms in total. The minimum Gasteiger partial charge on any atom is -0.476 e. The number of fused-ring (bicyclic) bond motifs is 1. The lowest BCUT2D eigenvalue weighted by molar-refractivity contribution is 0.0693. The van der Waals surface area contributed by atoms with Gasteiger partial charge in [0.1, 0.15) is 5.82 Å². The summed E-state index contributed by atoms with van der Waals surface area (Å²) in [6.07, 6.45) is 4.96. The Hall–Kier alpha value is -1.88. The summed E-state index contributed by atoms with van der Waals surface area (Å²) in [7, 11) is 0. The van der Waals surface area contributed by atoms with E-state index in [0.29, 0.717) is 18.1 Å². The Kier molecular flexibility index (Phi) is 3.44. The average molecular weight is 273 g/mol. The number of aryl methyl sites for hydroxylation is 1. The third-order valence-corrected chi connectivity index (χ3v) is 4.03. The lowest BCUT2D eigenvalue weighted by atomic mass is 10.2. The van der Waals surface area contributed by atoms with E-state index in [1.165, 1.54) is 25.7 Å². The van der Waals surface area contributed by atoms with Gasteiger partial charge >= 0.3 is 5.97 Å². The lowest BCUT2D eigenvalue weighted by Crippen LogP contribution is -2.26. The molecule has 0 bridgehead atoms. The van der Waals surface area contributed by atoms with Crippen LogP contribution >= 0.6 is 0 Å². The second-order valence-corrected chi connectivity index (χ2v) is 5.43. The largest absolute Gasteiger partial charge is 0.476 e. The van der Waals surface area contributed by atoms with Crippen molar-refractivity contribution in [1.29, 1.82) is 0 Å². The second kappa shape index (κ2) is 5.25. The van der Waals surface area contributed by atoms with Crippen LogP contribution in [0.15, 0.2) is 18.2 Å². The molecule has 1 fully saturated rings. The van der Waals surface area contributed by atoms with Gasteiger partial charge < -0.3 is 10.4 Å². The van der Waals surface area contributed by atoms with Crippen LogP contribution < -0.4 is 5.32 Å². The van der Waals surface area contributed by atoms with E-state index >= 15 is 0 Å². The summed E-state index contributed by atoms with van der Waals surface area (Å²) in [4.78, 5) is 15.6. The maximum Gasteiger partial charge on any atom is 0.356 e. The monoisotopic (exact) mass is 273 g/mol. The first-order valence-corrected chi connectivity index (χ1v) is 7.10. The highest BCUT2D eigenvalue weighted by atomic mass is 16.4. The van der Waals surface area contributed by atoms with Crippen LogP contribution in [0.5, 0.6) is 0 Å². The molecule has 5 heteroatoms. The van der Waals surface area contributed by atoms with Gasteiger partial charge in [-0.3, -0.25) is 4.40 Å². The zero-order valence-corrected chi connectivity index (χ0v) is 11.6. The molecule has 2 aromatic rings. The first kappa shape index (κ1) is 13.1. The van der Waals surface area contributed by atoms with Gasteiger partial charge in [0.05, 0.1) is 12.1 Å². The fraction of sp³-hybridized carbons (Fsp3) is 0.467. The van der Waals surface area contributed by atoms with E-state index in [-0.39, 0.29) is 5.69 Å². The number of nitrogens with one attached hydrogen (secondary N) is 1. The van der Waals surface area contributed by atoms with Gasteiger partial charge in [-0.1, -0.05) is 18.9 Å². The molecule has 3 rings (SSSR count). The van der Waals surface area contributed by atoms with Crippen molar-refractivity contribution in [2.45, 2.75) is 45.2 Å². The number of carbonyl (C=O) groups is 1. The molecule has 0 unspecified atom stereocenters. The maximum absolute atomic E-state index is 11.3. The number of aromatic nitrogens is 2. The number of hydrogen-bond acceptors (Lipinski definition) is 3. The minimum absolute atomic E-state index is 0.136. The van der Waals surface area contributed by atoms with Crippen molar-refractivity contribution in [2.75, 3.05) is 0 Å². The van der Waals surface area contributed by atoms with Crippen LogP contribution in [-0.4, -0.2) is 26.5 Å². The van der Waals surface area contributed by atoms with Gasteiger partial charge in [0.15, 0.2) is 5.69 Å². The van der Waals surface area contributed by atoms with Crippen LogP contribution in [0.2, 0.25) is 0 Å². The Bertz CT molecular complexity index is 642. The molecular formula is C15H19N3O2. The van der Waals surface area contributed by atoms with Gasteiger partial charge in [0.25, 0.3) is 0 Å². The summed E-state index contributed by atoms with van der Waals surface area (Å²) >= 11 is 0. The van der Waals surface area contributed by atoms with Crippen LogP contribution in [0.25, 0.3) is 5.52 Å². The van der Waals surface area contributed by atoms with E-state index in [9.17, 15) is 9.90 Å². The third kappa shape index (κ3) is 2.29. The summed E-state index contributed by atoms with van der Waals surface area (Å²) in [6.45, 7) is 2.59. The van der Waals surface area contributed by atoms with E-state index in [2.05, 4.69) is 10.3 Å². The molecule has 0 radical (unpaired) electrons. The van der Waals surface area contributed by atoms with E-state index in [1.807, 2.05) is 29.5 Å². The number of pyridine rings is 1. The van der Waals surface area contributed by atoms with Gasteiger partial charge in [-0.2, -0.15) is 0 Å². The molecule has 1 saturated carbocycles. The molecule has 2 aromatic heterocycles. The summed E-state index contributed by atoms with van der Waals surface area (Å²) in [5.74, 6) is -0.192. The quantitative estimate of drug-likeness (QED) is 0.897. The van der Waals surface area contributed by atoms with Crippen LogP contribution in [0, 0.1) is 6.92 Å². The number of rotatable bonds is 4. The van der Waals surface area contributed by atoms with Crippen molar-refractivity contribution in [3.63, 3.8) is 0 Å². The van der Waals surface area contributed by atoms with E-state index in [0.717, 1.165) is 11.5 Å². The Morgan fingerprint density at radius 2 is 2.20 bits per heavy atom. The van der Waals surface area contributed by atoms with Crippen LogP contribution in [0.4, 0.5) is 0 Å². The zero-order chi connectivity index (χ0) is 14.1. The number of aromatic carboxylic acids is 1. The fourth-order valence-electron chi connectivity index (χ4n) is 3.02. The fourth-order valence-corrected chi connectivity index (χ4v) is 3.02. The van der Waals surface area contributed by atoms with Gasteiger partial charge in [0.2, 0.25) is 0 Å². The zero-order valence-electron chi connectivity index (χ0n) is 11.6. The molecular weight excluding hydrogens is 254 g/mol. The standard InChI is InChI=1S/C15H19N3O2/c1-10-5-4-8-12-14(15(19)20)17-13(18(10)12)9-16-11-6-2-3-7-11/h4-5,8,11,16H,2-3,6-7,9H2,1H3,(H,19,20). The molecule has 1 aliphatic carbocycles. The predicted octanol–water partition coefficient (Wildman–Crippen LogP) is 2.37. The number of imidazole rings is 1.